The molecule has 1 N–H and O–H groups in total. The molecule has 1 atom stereocenters. The highest BCUT2D eigenvalue weighted by atomic mass is 35.5. The van der Waals surface area contributed by atoms with Crippen LogP contribution in [0.15, 0.2) is 36.7 Å². The Kier molecular flexibility index (Phi) is 4.68. The van der Waals surface area contributed by atoms with Crippen molar-refractivity contribution in [2.24, 2.45) is 0 Å². The van der Waals surface area contributed by atoms with Crippen LogP contribution in [0.5, 0.6) is 5.75 Å². The van der Waals surface area contributed by atoms with Crippen molar-refractivity contribution < 1.29 is 4.74 Å². The summed E-state index contributed by atoms with van der Waals surface area (Å²) in [6.45, 7) is 1.96. The third-order valence-corrected chi connectivity index (χ3v) is 3.75. The van der Waals surface area contributed by atoms with Gasteiger partial charge in [0, 0.05) is 17.1 Å². The first-order valence-corrected chi connectivity index (χ1v) is 7.64. The van der Waals surface area contributed by atoms with Gasteiger partial charge in [0.2, 0.25) is 0 Å². The fourth-order valence-electron chi connectivity index (χ4n) is 2.43. The van der Waals surface area contributed by atoms with Gasteiger partial charge in [-0.1, -0.05) is 23.7 Å². The standard InChI is InChI=1S/C16H18ClN3O/c17-13-5-3-4-12(8-13)16-19-10-15(11-20-16)21-14-6-1-2-7-18-9-14/h3-5,8,10-11,14,18H,1-2,6-7,9H2. The Morgan fingerprint density at radius 2 is 2.05 bits per heavy atom. The summed E-state index contributed by atoms with van der Waals surface area (Å²) in [7, 11) is 0. The maximum absolute atomic E-state index is 5.98. The predicted octanol–water partition coefficient (Wildman–Crippen LogP) is 3.32. The summed E-state index contributed by atoms with van der Waals surface area (Å²) in [4.78, 5) is 8.73. The Bertz CT molecular complexity index is 580. The lowest BCUT2D eigenvalue weighted by atomic mass is 10.2. The van der Waals surface area contributed by atoms with Crippen LogP contribution in [0.25, 0.3) is 11.4 Å². The molecule has 1 aliphatic heterocycles. The van der Waals surface area contributed by atoms with Gasteiger partial charge in [0.05, 0.1) is 12.4 Å². The monoisotopic (exact) mass is 303 g/mol. The van der Waals surface area contributed by atoms with Crippen molar-refractivity contribution in [2.45, 2.75) is 25.4 Å². The topological polar surface area (TPSA) is 47.0 Å². The Balaban J connectivity index is 1.69. The van der Waals surface area contributed by atoms with Crippen molar-refractivity contribution in [3.63, 3.8) is 0 Å². The number of rotatable bonds is 3. The lowest BCUT2D eigenvalue weighted by Crippen LogP contribution is -2.29. The van der Waals surface area contributed by atoms with Gasteiger partial charge in [0.1, 0.15) is 6.10 Å². The van der Waals surface area contributed by atoms with E-state index in [1.807, 2.05) is 24.3 Å². The molecule has 0 radical (unpaired) electrons. The third-order valence-electron chi connectivity index (χ3n) is 3.52. The normalized spacial score (nSPS) is 19.0. The number of ether oxygens (including phenoxy) is 1. The quantitative estimate of drug-likeness (QED) is 0.945. The van der Waals surface area contributed by atoms with Gasteiger partial charge in [-0.3, -0.25) is 0 Å². The summed E-state index contributed by atoms with van der Waals surface area (Å²) in [6.07, 6.45) is 7.14. The second-order valence-corrected chi connectivity index (χ2v) is 5.63. The van der Waals surface area contributed by atoms with Crippen LogP contribution in [0.1, 0.15) is 19.3 Å². The van der Waals surface area contributed by atoms with E-state index in [4.69, 9.17) is 16.3 Å². The molecular formula is C16H18ClN3O. The van der Waals surface area contributed by atoms with Gasteiger partial charge in [-0.2, -0.15) is 0 Å². The van der Waals surface area contributed by atoms with Gasteiger partial charge < -0.3 is 10.1 Å². The Morgan fingerprint density at radius 3 is 2.86 bits per heavy atom. The van der Waals surface area contributed by atoms with E-state index in [2.05, 4.69) is 15.3 Å². The van der Waals surface area contributed by atoms with Gasteiger partial charge >= 0.3 is 0 Å². The predicted molar refractivity (Wildman–Crippen MR) is 83.6 cm³/mol. The summed E-state index contributed by atoms with van der Waals surface area (Å²) in [5.41, 5.74) is 0.908. The van der Waals surface area contributed by atoms with E-state index in [-0.39, 0.29) is 6.10 Å². The van der Waals surface area contributed by atoms with Crippen LogP contribution in [-0.4, -0.2) is 29.2 Å². The number of hydrogen-bond donors (Lipinski definition) is 1. The van der Waals surface area contributed by atoms with E-state index in [1.54, 1.807) is 12.4 Å². The van der Waals surface area contributed by atoms with Crippen LogP contribution >= 0.6 is 11.6 Å². The smallest absolute Gasteiger partial charge is 0.159 e. The van der Waals surface area contributed by atoms with Crippen molar-refractivity contribution in [1.29, 1.82) is 0 Å². The maximum atomic E-state index is 5.98. The molecule has 5 heteroatoms. The van der Waals surface area contributed by atoms with Crippen LogP contribution < -0.4 is 10.1 Å². The molecule has 1 aliphatic rings. The van der Waals surface area contributed by atoms with Crippen LogP contribution in [0, 0.1) is 0 Å². The van der Waals surface area contributed by atoms with E-state index >= 15 is 0 Å². The minimum absolute atomic E-state index is 0.202. The van der Waals surface area contributed by atoms with Crippen molar-refractivity contribution in [1.82, 2.24) is 15.3 Å². The first kappa shape index (κ1) is 14.3. The van der Waals surface area contributed by atoms with Gasteiger partial charge in [-0.05, 0) is 37.9 Å². The summed E-state index contributed by atoms with van der Waals surface area (Å²) < 4.78 is 5.94. The number of nitrogens with one attached hydrogen (secondary N) is 1. The van der Waals surface area contributed by atoms with E-state index in [9.17, 15) is 0 Å². The first-order chi connectivity index (χ1) is 10.3. The molecule has 3 rings (SSSR count). The van der Waals surface area contributed by atoms with Crippen molar-refractivity contribution in [3.8, 4) is 17.1 Å². The largest absolute Gasteiger partial charge is 0.486 e. The zero-order valence-electron chi connectivity index (χ0n) is 11.8. The Labute approximate surface area is 129 Å². The van der Waals surface area contributed by atoms with Gasteiger partial charge in [-0.15, -0.1) is 0 Å². The molecule has 0 aliphatic carbocycles. The van der Waals surface area contributed by atoms with Crippen molar-refractivity contribution in [2.75, 3.05) is 13.1 Å². The fraction of sp³-hybridized carbons (Fsp3) is 0.375. The van der Waals surface area contributed by atoms with E-state index in [0.717, 1.165) is 30.8 Å². The number of aromatic nitrogens is 2. The molecule has 1 fully saturated rings. The fourth-order valence-corrected chi connectivity index (χ4v) is 2.62. The van der Waals surface area contributed by atoms with Gasteiger partial charge in [-0.25, -0.2) is 9.97 Å². The number of hydrogen-bond acceptors (Lipinski definition) is 4. The second kappa shape index (κ2) is 6.87. The first-order valence-electron chi connectivity index (χ1n) is 7.26. The average Bonchev–Trinajstić information content (AvgIpc) is 2.77. The molecule has 2 aromatic rings. The Morgan fingerprint density at radius 1 is 1.19 bits per heavy atom. The number of nitrogens with zero attached hydrogens (tertiary/aromatic N) is 2. The zero-order chi connectivity index (χ0) is 14.5. The molecule has 0 spiro atoms. The highest BCUT2D eigenvalue weighted by molar-refractivity contribution is 6.30. The summed E-state index contributed by atoms with van der Waals surface area (Å²) in [5, 5.41) is 4.06. The molecule has 0 amide bonds. The lowest BCUT2D eigenvalue weighted by Gasteiger charge is -2.16. The highest BCUT2D eigenvalue weighted by Crippen LogP contribution is 2.21. The van der Waals surface area contributed by atoms with Crippen molar-refractivity contribution in [3.05, 3.63) is 41.7 Å². The average molecular weight is 304 g/mol. The molecule has 1 saturated heterocycles. The van der Waals surface area contributed by atoms with E-state index in [0.29, 0.717) is 10.8 Å². The van der Waals surface area contributed by atoms with Gasteiger partial charge in [0.25, 0.3) is 0 Å². The molecule has 0 bridgehead atoms. The maximum Gasteiger partial charge on any atom is 0.159 e. The van der Waals surface area contributed by atoms with Crippen LogP contribution in [0.4, 0.5) is 0 Å². The molecular weight excluding hydrogens is 286 g/mol. The van der Waals surface area contributed by atoms with E-state index < -0.39 is 0 Å². The lowest BCUT2D eigenvalue weighted by molar-refractivity contribution is 0.193. The third kappa shape index (κ3) is 3.93. The number of halogens is 1. The van der Waals surface area contributed by atoms with Crippen LogP contribution in [0.3, 0.4) is 0 Å². The molecule has 4 nitrogen and oxygen atoms in total. The summed E-state index contributed by atoms with van der Waals surface area (Å²) in [5.74, 6) is 1.37. The molecule has 110 valence electrons. The molecule has 21 heavy (non-hydrogen) atoms. The molecule has 1 aromatic carbocycles. The zero-order valence-corrected chi connectivity index (χ0v) is 12.5. The second-order valence-electron chi connectivity index (χ2n) is 5.19. The SMILES string of the molecule is Clc1cccc(-c2ncc(OC3CCCCNC3)cn2)c1. The summed E-state index contributed by atoms with van der Waals surface area (Å²) in [6, 6.07) is 7.52. The minimum Gasteiger partial charge on any atom is -0.486 e. The van der Waals surface area contributed by atoms with Crippen molar-refractivity contribution >= 4 is 11.6 Å². The van der Waals surface area contributed by atoms with Gasteiger partial charge in [0.15, 0.2) is 11.6 Å². The van der Waals surface area contributed by atoms with E-state index in [1.165, 1.54) is 12.8 Å². The summed E-state index contributed by atoms with van der Waals surface area (Å²) >= 11 is 5.98. The minimum atomic E-state index is 0.202. The molecule has 1 unspecified atom stereocenters. The highest BCUT2D eigenvalue weighted by Gasteiger charge is 2.13. The van der Waals surface area contributed by atoms with Crippen LogP contribution in [-0.2, 0) is 0 Å². The molecule has 1 aromatic heterocycles. The number of benzene rings is 1. The molecule has 2 heterocycles. The molecule has 0 saturated carbocycles. The Hall–Kier alpha value is -1.65. The van der Waals surface area contributed by atoms with Crippen LogP contribution in [0.2, 0.25) is 5.02 Å².